The molecule has 4 nitrogen and oxygen atoms in total. The Bertz CT molecular complexity index is 3450. The predicted octanol–water partition coefficient (Wildman–Crippen LogP) is 18.2. The molecule has 1 N–H and O–H groups in total. The van der Waals surface area contributed by atoms with E-state index in [0.717, 1.165) is 84.5 Å². The van der Waals surface area contributed by atoms with Crippen molar-refractivity contribution in [3.63, 3.8) is 0 Å². The quantitative estimate of drug-likeness (QED) is 0.139. The summed E-state index contributed by atoms with van der Waals surface area (Å²) in [6.07, 6.45) is 8.21. The van der Waals surface area contributed by atoms with E-state index in [1.807, 2.05) is 6.20 Å². The third kappa shape index (κ3) is 10.5. The average Bonchev–Trinajstić information content (AvgIpc) is 4.04. The molecule has 2 heterocycles. The molecule has 7 aromatic carbocycles. The molecule has 0 saturated heterocycles. The van der Waals surface area contributed by atoms with E-state index in [4.69, 9.17) is 9.97 Å². The van der Waals surface area contributed by atoms with Crippen molar-refractivity contribution in [1.82, 2.24) is 14.5 Å². The minimum absolute atomic E-state index is 0. The van der Waals surface area contributed by atoms with Gasteiger partial charge >= 0.3 is 0 Å². The Morgan fingerprint density at radius 1 is 0.541 bits per heavy atom. The number of aromatic nitrogens is 3. The first kappa shape index (κ1) is 52.5. The number of benzene rings is 7. The van der Waals surface area contributed by atoms with Gasteiger partial charge in [-0.3, -0.25) is 9.55 Å². The number of hydrogen-bond donors (Lipinski definition) is 1. The van der Waals surface area contributed by atoms with Gasteiger partial charge in [-0.15, -0.1) is 29.3 Å². The number of hydrogen-bond acceptors (Lipinski definition) is 3. The van der Waals surface area contributed by atoms with E-state index in [1.54, 1.807) is 0 Å². The first-order valence-electron chi connectivity index (χ1n) is 26.5. The first-order valence-corrected chi connectivity index (χ1v) is 26.5. The van der Waals surface area contributed by atoms with E-state index in [9.17, 15) is 5.11 Å². The van der Waals surface area contributed by atoms with Crippen molar-refractivity contribution in [1.29, 1.82) is 0 Å². The molecule has 0 spiro atoms. The average molecular weight is 1150 g/mol. The van der Waals surface area contributed by atoms with Crippen molar-refractivity contribution in [2.75, 3.05) is 0 Å². The summed E-state index contributed by atoms with van der Waals surface area (Å²) in [7, 11) is 0. The second-order valence-corrected chi connectivity index (χ2v) is 24.4. The molecule has 0 bridgehead atoms. The largest absolute Gasteiger partial charge is 0.507 e. The second kappa shape index (κ2) is 20.4. The van der Waals surface area contributed by atoms with Crippen LogP contribution in [0.3, 0.4) is 0 Å². The summed E-state index contributed by atoms with van der Waals surface area (Å²) in [5, 5.41) is 12.7. The van der Waals surface area contributed by atoms with Crippen LogP contribution >= 0.6 is 0 Å². The fraction of sp³-hybridized carbons (Fsp3) is 0.304. The van der Waals surface area contributed by atoms with E-state index in [-0.39, 0.29) is 48.5 Å². The van der Waals surface area contributed by atoms with E-state index in [2.05, 4.69) is 245 Å². The first-order chi connectivity index (χ1) is 34.7. The molecule has 1 aliphatic carbocycles. The molecule has 0 radical (unpaired) electrons. The van der Waals surface area contributed by atoms with Crippen LogP contribution in [-0.4, -0.2) is 19.6 Å². The number of imidazole rings is 1. The van der Waals surface area contributed by atoms with Gasteiger partial charge in [-0.05, 0) is 97.9 Å². The molecule has 0 unspecified atom stereocenters. The van der Waals surface area contributed by atoms with E-state index < -0.39 is 0 Å². The maximum absolute atomic E-state index is 12.7. The van der Waals surface area contributed by atoms with Crippen LogP contribution in [0.2, 0.25) is 0 Å². The van der Waals surface area contributed by atoms with Gasteiger partial charge in [-0.1, -0.05) is 228 Å². The summed E-state index contributed by atoms with van der Waals surface area (Å²) in [6, 6.07) is 61.2. The smallest absolute Gasteiger partial charge is 0.148 e. The fourth-order valence-corrected chi connectivity index (χ4v) is 11.0. The molecule has 1 aliphatic rings. The third-order valence-corrected chi connectivity index (χ3v) is 15.6. The SMILES string of the molecule is CC(C)(C)c1cc(-c2cc(-c3ccc(C(C)(C)c4ccccc4)cc3)ccn2)[c-]c(-c2cccc3c2nc(-c2cc(C(C)(C)C)cc(C(C)(C)C)c2O)n3-c2ccc(CC3CCCC3)cc2-c2ccccc2)c1.[Pt]. The Kier molecular flexibility index (Phi) is 14.5. The van der Waals surface area contributed by atoms with Crippen LogP contribution in [0.4, 0.5) is 0 Å². The summed E-state index contributed by atoms with van der Waals surface area (Å²) in [5.41, 5.74) is 18.1. The number of para-hydroxylation sites is 1. The van der Waals surface area contributed by atoms with Crippen molar-refractivity contribution in [3.8, 4) is 67.5 Å². The van der Waals surface area contributed by atoms with Crippen LogP contribution in [-0.2, 0) is 49.1 Å². The molecule has 10 rings (SSSR count). The number of phenolic OH excluding ortho intramolecular Hbond substituents is 1. The zero-order valence-corrected chi connectivity index (χ0v) is 47.6. The molecule has 1 fully saturated rings. The summed E-state index contributed by atoms with van der Waals surface area (Å²) < 4.78 is 2.32. The molecule has 380 valence electrons. The van der Waals surface area contributed by atoms with Gasteiger partial charge in [0.2, 0.25) is 0 Å². The maximum Gasteiger partial charge on any atom is 0.148 e. The Hall–Kier alpha value is -6.35. The number of nitrogens with zero attached hydrogens (tertiary/aromatic N) is 3. The van der Waals surface area contributed by atoms with E-state index >= 15 is 0 Å². The van der Waals surface area contributed by atoms with E-state index in [1.165, 1.54) is 47.9 Å². The third-order valence-electron chi connectivity index (χ3n) is 15.6. The van der Waals surface area contributed by atoms with Gasteiger partial charge in [0.25, 0.3) is 0 Å². The van der Waals surface area contributed by atoms with Crippen LogP contribution in [0.15, 0.2) is 164 Å². The fourth-order valence-electron chi connectivity index (χ4n) is 11.0. The number of aromatic hydroxyl groups is 1. The Labute approximate surface area is 455 Å². The van der Waals surface area contributed by atoms with Gasteiger partial charge in [-0.2, -0.15) is 0 Å². The zero-order valence-electron chi connectivity index (χ0n) is 45.3. The van der Waals surface area contributed by atoms with Crippen molar-refractivity contribution in [2.45, 2.75) is 130 Å². The molecular formula is C69H72N3OPt-. The summed E-state index contributed by atoms with van der Waals surface area (Å²) in [5.74, 6) is 1.68. The van der Waals surface area contributed by atoms with Gasteiger partial charge < -0.3 is 5.11 Å². The molecule has 9 aromatic rings. The predicted molar refractivity (Wildman–Crippen MR) is 307 cm³/mol. The van der Waals surface area contributed by atoms with Crippen molar-refractivity contribution in [3.05, 3.63) is 203 Å². The Morgan fingerprint density at radius 2 is 1.18 bits per heavy atom. The van der Waals surface area contributed by atoms with Crippen molar-refractivity contribution in [2.24, 2.45) is 5.92 Å². The number of fused-ring (bicyclic) bond motifs is 1. The topological polar surface area (TPSA) is 50.9 Å². The van der Waals surface area contributed by atoms with Gasteiger partial charge in [0.05, 0.1) is 22.3 Å². The molecular weight excluding hydrogens is 1080 g/mol. The molecule has 0 aliphatic heterocycles. The summed E-state index contributed by atoms with van der Waals surface area (Å²) in [6.45, 7) is 24.7. The van der Waals surface area contributed by atoms with Gasteiger partial charge in [0.1, 0.15) is 11.6 Å². The van der Waals surface area contributed by atoms with Gasteiger partial charge in [0, 0.05) is 49.5 Å². The van der Waals surface area contributed by atoms with Crippen molar-refractivity contribution >= 4 is 11.0 Å². The van der Waals surface area contributed by atoms with Crippen LogP contribution in [0.1, 0.15) is 135 Å². The van der Waals surface area contributed by atoms with Gasteiger partial charge in [-0.25, -0.2) is 4.98 Å². The van der Waals surface area contributed by atoms with Crippen LogP contribution in [0.25, 0.3) is 72.7 Å². The standard InChI is InChI=1S/C69H72N3O.Pt/c1-66(2,3)54-40-50(39-51(41-54)60-42-49(35-36-70-60)47-30-32-53(33-31-47)69(10,11)52-25-16-13-17-26-52)56-27-20-28-62-63(56)71-65(58-43-55(67(4,5)6)44-59(64(58)73)68(7,8)9)72(62)61-34-29-46(37-45-21-18-19-22-45)38-57(61)48-23-14-12-15-24-48;/h12-17,20,23-36,38,40-45,73H,18-19,21-22,37H2,1-11H3;/q-1;. The Morgan fingerprint density at radius 3 is 1.84 bits per heavy atom. The second-order valence-electron chi connectivity index (χ2n) is 24.4. The molecule has 1 saturated carbocycles. The zero-order chi connectivity index (χ0) is 51.5. The summed E-state index contributed by atoms with van der Waals surface area (Å²) >= 11 is 0. The number of rotatable bonds is 10. The van der Waals surface area contributed by atoms with Crippen LogP contribution in [0.5, 0.6) is 5.75 Å². The number of phenols is 1. The number of pyridine rings is 1. The van der Waals surface area contributed by atoms with Crippen molar-refractivity contribution < 1.29 is 26.2 Å². The molecule has 0 amide bonds. The van der Waals surface area contributed by atoms with Crippen LogP contribution in [0, 0.1) is 12.0 Å². The monoisotopic (exact) mass is 1150 g/mol. The molecule has 2 aromatic heterocycles. The minimum atomic E-state index is -0.327. The van der Waals surface area contributed by atoms with Gasteiger partial charge in [0.15, 0.2) is 0 Å². The molecule has 0 atom stereocenters. The minimum Gasteiger partial charge on any atom is -0.507 e. The maximum atomic E-state index is 12.7. The molecule has 5 heteroatoms. The van der Waals surface area contributed by atoms with Crippen LogP contribution < -0.4 is 0 Å². The van der Waals surface area contributed by atoms with E-state index in [0.29, 0.717) is 11.7 Å². The Balaban J connectivity index is 0.00000672. The normalized spacial score (nSPS) is 13.6. The summed E-state index contributed by atoms with van der Waals surface area (Å²) in [4.78, 5) is 10.8. The molecule has 74 heavy (non-hydrogen) atoms.